The summed E-state index contributed by atoms with van der Waals surface area (Å²) in [5, 5.41) is 4.74. The van der Waals surface area contributed by atoms with Crippen LogP contribution in [-0.4, -0.2) is 18.7 Å². The Morgan fingerprint density at radius 2 is 1.79 bits per heavy atom. The summed E-state index contributed by atoms with van der Waals surface area (Å²) in [5.41, 5.74) is 6.40. The van der Waals surface area contributed by atoms with Crippen molar-refractivity contribution in [1.82, 2.24) is 5.43 Å². The van der Waals surface area contributed by atoms with E-state index in [1.165, 1.54) is 5.56 Å². The van der Waals surface area contributed by atoms with E-state index in [9.17, 15) is 4.79 Å². The highest BCUT2D eigenvalue weighted by Crippen LogP contribution is 2.37. The lowest BCUT2D eigenvalue weighted by molar-refractivity contribution is -0.120. The van der Waals surface area contributed by atoms with Gasteiger partial charge in [-0.25, -0.2) is 5.43 Å². The van der Waals surface area contributed by atoms with Gasteiger partial charge in [-0.05, 0) is 64.2 Å². The summed E-state index contributed by atoms with van der Waals surface area (Å²) in [6.07, 6.45) is 2.81. The zero-order valence-corrected chi connectivity index (χ0v) is 20.9. The molecule has 172 valence electrons. The number of halogens is 2. The largest absolute Gasteiger partial charge is 0.490 e. The molecule has 0 radical (unpaired) electrons. The molecule has 1 N–H and O–H groups in total. The minimum atomic E-state index is -0.181. The molecule has 0 aliphatic heterocycles. The third-order valence-electron chi connectivity index (χ3n) is 4.86. The summed E-state index contributed by atoms with van der Waals surface area (Å²) in [5.74, 6) is 0.968. The lowest BCUT2D eigenvalue weighted by Gasteiger charge is -2.15. The quantitative estimate of drug-likeness (QED) is 0.246. The molecule has 3 rings (SSSR count). The van der Waals surface area contributed by atoms with Gasteiger partial charge in [-0.3, -0.25) is 4.79 Å². The van der Waals surface area contributed by atoms with E-state index < -0.39 is 0 Å². The number of aryl methyl sites for hydroxylation is 1. The van der Waals surface area contributed by atoms with Gasteiger partial charge in [0, 0.05) is 10.6 Å². The molecule has 0 aromatic heterocycles. The smallest absolute Gasteiger partial charge is 0.244 e. The summed E-state index contributed by atoms with van der Waals surface area (Å²) in [6, 6.07) is 19.2. The second-order valence-electron chi connectivity index (χ2n) is 7.28. The maximum absolute atomic E-state index is 12.2. The summed E-state index contributed by atoms with van der Waals surface area (Å²) in [6.45, 7) is 4.78. The van der Waals surface area contributed by atoms with Gasteiger partial charge < -0.3 is 9.47 Å². The average molecular weight is 530 g/mol. The third kappa shape index (κ3) is 7.34. The number of nitrogens with one attached hydrogen (secondary N) is 1. The Hall–Kier alpha value is -2.83. The number of hydrogen-bond acceptors (Lipinski definition) is 4. The Labute approximate surface area is 207 Å². The van der Waals surface area contributed by atoms with Gasteiger partial charge in [-0.1, -0.05) is 61.0 Å². The van der Waals surface area contributed by atoms with Crippen molar-refractivity contribution >= 4 is 39.7 Å². The van der Waals surface area contributed by atoms with Gasteiger partial charge in [0.05, 0.1) is 23.7 Å². The zero-order chi connectivity index (χ0) is 23.6. The number of benzene rings is 3. The Bertz CT molecular complexity index is 1120. The highest BCUT2D eigenvalue weighted by atomic mass is 79.9. The Balaban J connectivity index is 1.65. The fraction of sp³-hybridized carbons (Fsp3) is 0.231. The summed E-state index contributed by atoms with van der Waals surface area (Å²) in [4.78, 5) is 12.2. The van der Waals surface area contributed by atoms with E-state index >= 15 is 0 Å². The molecule has 1 amide bonds. The van der Waals surface area contributed by atoms with E-state index in [1.54, 1.807) is 6.21 Å². The molecule has 0 bridgehead atoms. The first-order valence-electron chi connectivity index (χ1n) is 10.7. The van der Waals surface area contributed by atoms with Gasteiger partial charge in [0.1, 0.15) is 6.61 Å². The fourth-order valence-corrected chi connectivity index (χ4v) is 3.89. The lowest BCUT2D eigenvalue weighted by atomic mass is 10.1. The van der Waals surface area contributed by atoms with E-state index in [0.29, 0.717) is 34.2 Å². The van der Waals surface area contributed by atoms with E-state index in [0.717, 1.165) is 23.1 Å². The number of carbonyl (C=O) groups excluding carboxylic acids is 1. The predicted molar refractivity (Wildman–Crippen MR) is 136 cm³/mol. The molecule has 0 aliphatic rings. The minimum Gasteiger partial charge on any atom is -0.490 e. The first-order chi connectivity index (χ1) is 16.0. The average Bonchev–Trinajstić information content (AvgIpc) is 2.80. The van der Waals surface area contributed by atoms with Crippen LogP contribution in [-0.2, 0) is 24.2 Å². The Morgan fingerprint density at radius 3 is 2.48 bits per heavy atom. The van der Waals surface area contributed by atoms with Gasteiger partial charge in [-0.2, -0.15) is 5.10 Å². The Morgan fingerprint density at radius 1 is 1.06 bits per heavy atom. The van der Waals surface area contributed by atoms with Crippen LogP contribution in [0, 0.1) is 0 Å². The van der Waals surface area contributed by atoms with E-state index in [2.05, 4.69) is 33.4 Å². The maximum Gasteiger partial charge on any atom is 0.244 e. The molecule has 5 nitrogen and oxygen atoms in total. The van der Waals surface area contributed by atoms with Crippen LogP contribution in [0.5, 0.6) is 11.5 Å². The molecule has 0 saturated heterocycles. The SMILES string of the molecule is CCOc1cc(/C=N/NC(=O)Cc2ccc(CC)cc2)cc(Br)c1OCc1ccccc1Cl. The van der Waals surface area contributed by atoms with Gasteiger partial charge in [0.2, 0.25) is 5.91 Å². The van der Waals surface area contributed by atoms with E-state index in [1.807, 2.05) is 67.6 Å². The van der Waals surface area contributed by atoms with Crippen LogP contribution in [0.4, 0.5) is 0 Å². The van der Waals surface area contributed by atoms with Crippen molar-refractivity contribution in [2.75, 3.05) is 6.61 Å². The van der Waals surface area contributed by atoms with Gasteiger partial charge in [0.25, 0.3) is 0 Å². The normalized spacial score (nSPS) is 10.9. The number of hydrazone groups is 1. The first-order valence-corrected chi connectivity index (χ1v) is 11.9. The number of rotatable bonds is 10. The molecule has 3 aromatic carbocycles. The third-order valence-corrected chi connectivity index (χ3v) is 5.82. The number of amides is 1. The van der Waals surface area contributed by atoms with Crippen molar-refractivity contribution in [3.63, 3.8) is 0 Å². The van der Waals surface area contributed by atoms with Crippen LogP contribution >= 0.6 is 27.5 Å². The van der Waals surface area contributed by atoms with Crippen molar-refractivity contribution in [3.8, 4) is 11.5 Å². The molecule has 0 fully saturated rings. The highest BCUT2D eigenvalue weighted by Gasteiger charge is 2.13. The van der Waals surface area contributed by atoms with Crippen LogP contribution in [0.3, 0.4) is 0 Å². The second-order valence-corrected chi connectivity index (χ2v) is 8.54. The second kappa shape index (κ2) is 12.4. The standard InChI is InChI=1S/C26H26BrClN2O3/c1-3-18-9-11-19(12-10-18)15-25(31)30-29-16-20-13-22(27)26(24(14-20)32-4-2)33-17-21-7-5-6-8-23(21)28/h5-14,16H,3-4,15,17H2,1-2H3,(H,30,31)/b29-16+. The molecule has 7 heteroatoms. The molecular weight excluding hydrogens is 504 g/mol. The zero-order valence-electron chi connectivity index (χ0n) is 18.6. The number of carbonyl (C=O) groups is 1. The predicted octanol–water partition coefficient (Wildman–Crippen LogP) is 6.34. The van der Waals surface area contributed by atoms with Crippen LogP contribution in [0.1, 0.15) is 36.1 Å². The number of nitrogens with zero attached hydrogens (tertiary/aromatic N) is 1. The molecule has 0 atom stereocenters. The van der Waals surface area contributed by atoms with Crippen LogP contribution in [0.15, 0.2) is 70.2 Å². The highest BCUT2D eigenvalue weighted by molar-refractivity contribution is 9.10. The van der Waals surface area contributed by atoms with E-state index in [-0.39, 0.29) is 12.3 Å². The van der Waals surface area contributed by atoms with Crippen LogP contribution in [0.2, 0.25) is 5.02 Å². The molecule has 0 spiro atoms. The summed E-state index contributed by atoms with van der Waals surface area (Å²) in [7, 11) is 0. The molecule has 3 aromatic rings. The maximum atomic E-state index is 12.2. The van der Waals surface area contributed by atoms with Crippen molar-refractivity contribution in [2.24, 2.45) is 5.10 Å². The molecule has 33 heavy (non-hydrogen) atoms. The first kappa shape index (κ1) is 24.8. The van der Waals surface area contributed by atoms with Gasteiger partial charge in [-0.15, -0.1) is 0 Å². The summed E-state index contributed by atoms with van der Waals surface area (Å²) >= 11 is 9.78. The lowest BCUT2D eigenvalue weighted by Crippen LogP contribution is -2.19. The van der Waals surface area contributed by atoms with Gasteiger partial charge in [0.15, 0.2) is 11.5 Å². The molecule has 0 saturated carbocycles. The van der Waals surface area contributed by atoms with Crippen molar-refractivity contribution in [2.45, 2.75) is 33.3 Å². The van der Waals surface area contributed by atoms with Crippen LogP contribution < -0.4 is 14.9 Å². The summed E-state index contributed by atoms with van der Waals surface area (Å²) < 4.78 is 12.5. The van der Waals surface area contributed by atoms with Crippen molar-refractivity contribution < 1.29 is 14.3 Å². The van der Waals surface area contributed by atoms with E-state index in [4.69, 9.17) is 21.1 Å². The van der Waals surface area contributed by atoms with Crippen molar-refractivity contribution in [1.29, 1.82) is 0 Å². The van der Waals surface area contributed by atoms with Crippen LogP contribution in [0.25, 0.3) is 0 Å². The number of ether oxygens (including phenoxy) is 2. The Kier molecular flexibility index (Phi) is 9.34. The molecule has 0 aliphatic carbocycles. The van der Waals surface area contributed by atoms with Gasteiger partial charge >= 0.3 is 0 Å². The minimum absolute atomic E-state index is 0.181. The monoisotopic (exact) mass is 528 g/mol. The number of hydrogen-bond donors (Lipinski definition) is 1. The molecule has 0 heterocycles. The fourth-order valence-electron chi connectivity index (χ4n) is 3.13. The topological polar surface area (TPSA) is 59.9 Å². The molecule has 0 unspecified atom stereocenters. The van der Waals surface area contributed by atoms with Crippen molar-refractivity contribution in [3.05, 3.63) is 92.4 Å². The molecular formula is C26H26BrClN2O3.